The Morgan fingerprint density at radius 3 is 2.43 bits per heavy atom. The zero-order valence-corrected chi connectivity index (χ0v) is 8.69. The molecule has 3 heteroatoms. The fourth-order valence-electron chi connectivity index (χ4n) is 1.27. The average molecular weight is 195 g/mol. The van der Waals surface area contributed by atoms with Crippen LogP contribution in [-0.2, 0) is 16.0 Å². The van der Waals surface area contributed by atoms with Crippen molar-refractivity contribution >= 4 is 0 Å². The summed E-state index contributed by atoms with van der Waals surface area (Å²) in [4.78, 5) is 4.52. The van der Waals surface area contributed by atoms with Gasteiger partial charge in [0.05, 0.1) is 12.7 Å². The molecule has 1 atom stereocenters. The Labute approximate surface area is 84.8 Å². The van der Waals surface area contributed by atoms with E-state index in [1.54, 1.807) is 7.11 Å². The monoisotopic (exact) mass is 195 g/mol. The summed E-state index contributed by atoms with van der Waals surface area (Å²) >= 11 is 0. The number of hydrogen-bond donors (Lipinski definition) is 1. The molecule has 1 unspecified atom stereocenters. The van der Waals surface area contributed by atoms with Gasteiger partial charge in [-0.25, -0.2) is 5.90 Å². The van der Waals surface area contributed by atoms with Crippen LogP contribution in [0.2, 0.25) is 0 Å². The summed E-state index contributed by atoms with van der Waals surface area (Å²) in [5, 5.41) is 0. The molecular weight excluding hydrogens is 178 g/mol. The van der Waals surface area contributed by atoms with Gasteiger partial charge in [-0.15, -0.1) is 0 Å². The van der Waals surface area contributed by atoms with Crippen molar-refractivity contribution in [1.29, 1.82) is 0 Å². The predicted molar refractivity (Wildman–Crippen MR) is 55.7 cm³/mol. The van der Waals surface area contributed by atoms with Crippen molar-refractivity contribution in [1.82, 2.24) is 0 Å². The number of benzene rings is 1. The van der Waals surface area contributed by atoms with E-state index in [4.69, 9.17) is 10.6 Å². The van der Waals surface area contributed by atoms with Crippen molar-refractivity contribution in [2.24, 2.45) is 5.90 Å². The van der Waals surface area contributed by atoms with E-state index in [-0.39, 0.29) is 6.10 Å². The maximum Gasteiger partial charge on any atom is 0.0793 e. The highest BCUT2D eigenvalue weighted by atomic mass is 16.6. The minimum absolute atomic E-state index is 0.148. The van der Waals surface area contributed by atoms with Gasteiger partial charge in [-0.3, -0.25) is 0 Å². The summed E-state index contributed by atoms with van der Waals surface area (Å²) in [7, 11) is 1.71. The molecule has 0 aliphatic rings. The predicted octanol–water partition coefficient (Wildman–Crippen LogP) is 1.83. The van der Waals surface area contributed by atoms with Crippen LogP contribution in [0.15, 0.2) is 24.3 Å². The SMILES string of the molecule is COC(C)c1ccc(CCON)cc1. The molecule has 1 aromatic rings. The van der Waals surface area contributed by atoms with Crippen molar-refractivity contribution in [2.75, 3.05) is 13.7 Å². The molecule has 0 amide bonds. The van der Waals surface area contributed by atoms with Crippen LogP contribution in [0.4, 0.5) is 0 Å². The number of hydrogen-bond acceptors (Lipinski definition) is 3. The van der Waals surface area contributed by atoms with E-state index >= 15 is 0 Å². The van der Waals surface area contributed by atoms with Crippen molar-refractivity contribution in [3.8, 4) is 0 Å². The average Bonchev–Trinajstić information content (AvgIpc) is 2.26. The highest BCUT2D eigenvalue weighted by Gasteiger charge is 2.02. The van der Waals surface area contributed by atoms with Crippen LogP contribution in [0.25, 0.3) is 0 Å². The van der Waals surface area contributed by atoms with Gasteiger partial charge in [0.15, 0.2) is 0 Å². The lowest BCUT2D eigenvalue weighted by Gasteiger charge is -2.10. The second kappa shape index (κ2) is 5.75. The molecule has 2 N–H and O–H groups in total. The zero-order chi connectivity index (χ0) is 10.4. The smallest absolute Gasteiger partial charge is 0.0793 e. The van der Waals surface area contributed by atoms with Crippen molar-refractivity contribution < 1.29 is 9.57 Å². The summed E-state index contributed by atoms with van der Waals surface area (Å²) in [6, 6.07) is 8.29. The lowest BCUT2D eigenvalue weighted by atomic mass is 10.1. The normalized spacial score (nSPS) is 12.8. The minimum Gasteiger partial charge on any atom is -0.377 e. The molecule has 0 bridgehead atoms. The van der Waals surface area contributed by atoms with E-state index in [1.165, 1.54) is 11.1 Å². The third kappa shape index (κ3) is 3.10. The highest BCUT2D eigenvalue weighted by molar-refractivity contribution is 5.24. The van der Waals surface area contributed by atoms with Crippen molar-refractivity contribution in [3.05, 3.63) is 35.4 Å². The zero-order valence-electron chi connectivity index (χ0n) is 8.69. The fourth-order valence-corrected chi connectivity index (χ4v) is 1.27. The van der Waals surface area contributed by atoms with E-state index in [9.17, 15) is 0 Å². The largest absolute Gasteiger partial charge is 0.377 e. The standard InChI is InChI=1S/C11H17NO2/c1-9(13-2)11-5-3-10(4-6-11)7-8-14-12/h3-6,9H,7-8,12H2,1-2H3. The Morgan fingerprint density at radius 2 is 1.93 bits per heavy atom. The van der Waals surface area contributed by atoms with Gasteiger partial charge in [-0.05, 0) is 24.5 Å². The molecule has 0 saturated carbocycles. The summed E-state index contributed by atoms with van der Waals surface area (Å²) in [6.07, 6.45) is 0.993. The summed E-state index contributed by atoms with van der Waals surface area (Å²) < 4.78 is 5.21. The van der Waals surface area contributed by atoms with E-state index in [1.807, 2.05) is 6.92 Å². The Kier molecular flexibility index (Phi) is 4.59. The number of ether oxygens (including phenoxy) is 1. The van der Waals surface area contributed by atoms with Gasteiger partial charge >= 0.3 is 0 Å². The molecule has 1 rings (SSSR count). The van der Waals surface area contributed by atoms with Gasteiger partial charge in [0.1, 0.15) is 0 Å². The molecule has 14 heavy (non-hydrogen) atoms. The summed E-state index contributed by atoms with van der Waals surface area (Å²) in [5.41, 5.74) is 2.41. The Bertz CT molecular complexity index is 258. The second-order valence-electron chi connectivity index (χ2n) is 3.24. The molecule has 0 saturated heterocycles. The van der Waals surface area contributed by atoms with E-state index in [0.29, 0.717) is 6.61 Å². The maximum atomic E-state index is 5.21. The Morgan fingerprint density at radius 1 is 1.29 bits per heavy atom. The quantitative estimate of drug-likeness (QED) is 0.729. The van der Waals surface area contributed by atoms with Crippen LogP contribution in [0.5, 0.6) is 0 Å². The lowest BCUT2D eigenvalue weighted by molar-refractivity contribution is 0.119. The number of nitrogens with two attached hydrogens (primary N) is 1. The molecule has 1 aromatic carbocycles. The molecule has 0 radical (unpaired) electrons. The molecule has 0 fully saturated rings. The molecule has 0 spiro atoms. The van der Waals surface area contributed by atoms with E-state index in [0.717, 1.165) is 6.42 Å². The molecule has 0 aliphatic carbocycles. The van der Waals surface area contributed by atoms with Crippen molar-refractivity contribution in [3.63, 3.8) is 0 Å². The van der Waals surface area contributed by atoms with Crippen LogP contribution < -0.4 is 5.90 Å². The number of rotatable bonds is 5. The van der Waals surface area contributed by atoms with Crippen LogP contribution in [0.3, 0.4) is 0 Å². The molecule has 78 valence electrons. The Hall–Kier alpha value is -0.900. The lowest BCUT2D eigenvalue weighted by Crippen LogP contribution is -2.04. The fraction of sp³-hybridized carbons (Fsp3) is 0.455. The summed E-state index contributed by atoms with van der Waals surface area (Å²) in [5.74, 6) is 4.96. The molecule has 0 aromatic heterocycles. The van der Waals surface area contributed by atoms with E-state index < -0.39 is 0 Å². The van der Waals surface area contributed by atoms with Crippen LogP contribution in [-0.4, -0.2) is 13.7 Å². The van der Waals surface area contributed by atoms with Crippen LogP contribution >= 0.6 is 0 Å². The Balaban J connectivity index is 2.59. The number of methoxy groups -OCH3 is 1. The second-order valence-corrected chi connectivity index (χ2v) is 3.24. The molecule has 0 aliphatic heterocycles. The first-order chi connectivity index (χ1) is 6.77. The highest BCUT2D eigenvalue weighted by Crippen LogP contribution is 2.16. The van der Waals surface area contributed by atoms with Gasteiger partial charge in [0.25, 0.3) is 0 Å². The third-order valence-electron chi connectivity index (χ3n) is 2.31. The van der Waals surface area contributed by atoms with Gasteiger partial charge in [-0.1, -0.05) is 24.3 Å². The molecule has 3 nitrogen and oxygen atoms in total. The van der Waals surface area contributed by atoms with Gasteiger partial charge in [0.2, 0.25) is 0 Å². The topological polar surface area (TPSA) is 44.5 Å². The van der Waals surface area contributed by atoms with E-state index in [2.05, 4.69) is 29.1 Å². The first kappa shape index (κ1) is 11.2. The first-order valence-electron chi connectivity index (χ1n) is 4.71. The molecular formula is C11H17NO2. The minimum atomic E-state index is 0.148. The van der Waals surface area contributed by atoms with Crippen LogP contribution in [0, 0.1) is 0 Å². The maximum absolute atomic E-state index is 5.21. The third-order valence-corrected chi connectivity index (χ3v) is 2.31. The van der Waals surface area contributed by atoms with Crippen molar-refractivity contribution in [2.45, 2.75) is 19.4 Å². The van der Waals surface area contributed by atoms with Gasteiger partial charge in [0, 0.05) is 7.11 Å². The van der Waals surface area contributed by atoms with Gasteiger partial charge in [-0.2, -0.15) is 0 Å². The van der Waals surface area contributed by atoms with Gasteiger partial charge < -0.3 is 9.57 Å². The summed E-state index contributed by atoms with van der Waals surface area (Å²) in [6.45, 7) is 2.58. The van der Waals surface area contributed by atoms with Crippen LogP contribution in [0.1, 0.15) is 24.2 Å². The molecule has 0 heterocycles. The first-order valence-corrected chi connectivity index (χ1v) is 4.71.